The first-order valence-corrected chi connectivity index (χ1v) is 11.9. The van der Waals surface area contributed by atoms with Gasteiger partial charge in [-0.05, 0) is 36.9 Å². The van der Waals surface area contributed by atoms with Gasteiger partial charge in [0.25, 0.3) is 5.91 Å². The lowest BCUT2D eigenvalue weighted by atomic mass is 10.0. The summed E-state index contributed by atoms with van der Waals surface area (Å²) in [5, 5.41) is 3.22. The summed E-state index contributed by atoms with van der Waals surface area (Å²) in [6.07, 6.45) is 1.07. The zero-order valence-electron chi connectivity index (χ0n) is 16.8. The third-order valence-corrected chi connectivity index (χ3v) is 7.89. The van der Waals surface area contributed by atoms with Crippen molar-refractivity contribution in [3.8, 4) is 0 Å². The summed E-state index contributed by atoms with van der Waals surface area (Å²) in [6.45, 7) is 10.5. The standard InChI is InChI=1S/C21H25N5OS2/c1-3-24-7-6-15-17(13-24)29-20-18(15)19(22-14(2)23-20)25-8-10-26(11-9-25)21(27)16-5-4-12-28-16/h4-5,12H,3,6-11,13H2,1-2H3. The van der Waals surface area contributed by atoms with Gasteiger partial charge in [0, 0.05) is 44.1 Å². The molecule has 0 unspecified atom stereocenters. The number of anilines is 1. The minimum atomic E-state index is 0.149. The van der Waals surface area contributed by atoms with Crippen molar-refractivity contribution in [3.05, 3.63) is 38.7 Å². The molecule has 29 heavy (non-hydrogen) atoms. The minimum absolute atomic E-state index is 0.149. The highest BCUT2D eigenvalue weighted by Gasteiger charge is 2.28. The van der Waals surface area contributed by atoms with Crippen molar-refractivity contribution in [3.63, 3.8) is 0 Å². The monoisotopic (exact) mass is 427 g/mol. The van der Waals surface area contributed by atoms with Crippen molar-refractivity contribution in [2.24, 2.45) is 0 Å². The average Bonchev–Trinajstić information content (AvgIpc) is 3.40. The second-order valence-corrected chi connectivity index (χ2v) is 9.69. The highest BCUT2D eigenvalue weighted by atomic mass is 32.1. The van der Waals surface area contributed by atoms with E-state index >= 15 is 0 Å². The number of likely N-dealkylation sites (N-methyl/N-ethyl adjacent to an activating group) is 1. The summed E-state index contributed by atoms with van der Waals surface area (Å²) in [6, 6.07) is 3.85. The number of amides is 1. The molecule has 8 heteroatoms. The molecule has 0 saturated carbocycles. The molecular weight excluding hydrogens is 402 g/mol. The van der Waals surface area contributed by atoms with Gasteiger partial charge in [-0.25, -0.2) is 9.97 Å². The summed E-state index contributed by atoms with van der Waals surface area (Å²) in [7, 11) is 0. The van der Waals surface area contributed by atoms with E-state index < -0.39 is 0 Å². The summed E-state index contributed by atoms with van der Waals surface area (Å²) >= 11 is 3.35. The van der Waals surface area contributed by atoms with Crippen LogP contribution in [-0.2, 0) is 13.0 Å². The Kier molecular flexibility index (Phi) is 5.01. The van der Waals surface area contributed by atoms with Gasteiger partial charge in [0.2, 0.25) is 0 Å². The van der Waals surface area contributed by atoms with Gasteiger partial charge in [-0.1, -0.05) is 13.0 Å². The van der Waals surface area contributed by atoms with Crippen LogP contribution in [0, 0.1) is 6.92 Å². The first kappa shape index (κ1) is 19.0. The Bertz CT molecular complexity index is 1040. The molecule has 1 saturated heterocycles. The predicted octanol–water partition coefficient (Wildman–Crippen LogP) is 3.40. The smallest absolute Gasteiger partial charge is 0.264 e. The van der Waals surface area contributed by atoms with Crippen LogP contribution < -0.4 is 4.90 Å². The van der Waals surface area contributed by atoms with Gasteiger partial charge in [0.15, 0.2) is 0 Å². The molecular formula is C21H25N5OS2. The van der Waals surface area contributed by atoms with Crippen LogP contribution in [0.2, 0.25) is 0 Å². The Labute approximate surface area is 178 Å². The van der Waals surface area contributed by atoms with E-state index in [9.17, 15) is 4.79 Å². The second kappa shape index (κ2) is 7.66. The molecule has 0 spiro atoms. The first-order chi connectivity index (χ1) is 14.1. The van der Waals surface area contributed by atoms with E-state index in [1.165, 1.54) is 27.2 Å². The Morgan fingerprint density at radius 1 is 1.17 bits per heavy atom. The molecule has 0 aliphatic carbocycles. The highest BCUT2D eigenvalue weighted by molar-refractivity contribution is 7.19. The van der Waals surface area contributed by atoms with E-state index in [4.69, 9.17) is 9.97 Å². The SMILES string of the molecule is CCN1CCc2c(sc3nc(C)nc(N4CCN(C(=O)c5cccs5)CC4)c23)C1. The molecule has 5 heterocycles. The van der Waals surface area contributed by atoms with Gasteiger partial charge in [-0.15, -0.1) is 22.7 Å². The fraction of sp³-hybridized carbons (Fsp3) is 0.476. The van der Waals surface area contributed by atoms with Crippen LogP contribution in [0.25, 0.3) is 10.2 Å². The van der Waals surface area contributed by atoms with Gasteiger partial charge < -0.3 is 9.80 Å². The minimum Gasteiger partial charge on any atom is -0.352 e. The van der Waals surface area contributed by atoms with Gasteiger partial charge in [-0.3, -0.25) is 9.69 Å². The van der Waals surface area contributed by atoms with Crippen LogP contribution in [0.15, 0.2) is 17.5 Å². The van der Waals surface area contributed by atoms with Crippen molar-refractivity contribution in [2.45, 2.75) is 26.8 Å². The molecule has 152 valence electrons. The van der Waals surface area contributed by atoms with E-state index in [1.807, 2.05) is 40.7 Å². The Morgan fingerprint density at radius 2 is 2.00 bits per heavy atom. The topological polar surface area (TPSA) is 52.6 Å². The molecule has 0 radical (unpaired) electrons. The molecule has 1 amide bonds. The largest absolute Gasteiger partial charge is 0.352 e. The zero-order valence-corrected chi connectivity index (χ0v) is 18.5. The van der Waals surface area contributed by atoms with Crippen molar-refractivity contribution < 1.29 is 4.79 Å². The average molecular weight is 428 g/mol. The third kappa shape index (κ3) is 3.43. The van der Waals surface area contributed by atoms with Crippen molar-refractivity contribution in [2.75, 3.05) is 44.2 Å². The predicted molar refractivity (Wildman–Crippen MR) is 119 cm³/mol. The number of nitrogens with zero attached hydrogens (tertiary/aromatic N) is 5. The molecule has 3 aromatic rings. The van der Waals surface area contributed by atoms with E-state index in [0.717, 1.165) is 73.6 Å². The van der Waals surface area contributed by atoms with Crippen LogP contribution in [0.3, 0.4) is 0 Å². The number of hydrogen-bond acceptors (Lipinski definition) is 7. The van der Waals surface area contributed by atoms with E-state index in [0.29, 0.717) is 0 Å². The van der Waals surface area contributed by atoms with Gasteiger partial charge in [0.1, 0.15) is 16.5 Å². The van der Waals surface area contributed by atoms with E-state index in [-0.39, 0.29) is 5.91 Å². The molecule has 0 N–H and O–H groups in total. The summed E-state index contributed by atoms with van der Waals surface area (Å²) in [4.78, 5) is 32.5. The quantitative estimate of drug-likeness (QED) is 0.641. The van der Waals surface area contributed by atoms with Gasteiger partial charge in [0.05, 0.1) is 10.3 Å². The number of thiophene rings is 2. The fourth-order valence-corrected chi connectivity index (χ4v) is 6.30. The first-order valence-electron chi connectivity index (χ1n) is 10.2. The second-order valence-electron chi connectivity index (χ2n) is 7.65. The maximum atomic E-state index is 12.7. The van der Waals surface area contributed by atoms with Crippen LogP contribution >= 0.6 is 22.7 Å². The Balaban J connectivity index is 1.42. The van der Waals surface area contributed by atoms with E-state index in [2.05, 4.69) is 16.7 Å². The summed E-state index contributed by atoms with van der Waals surface area (Å²) < 4.78 is 0. The van der Waals surface area contributed by atoms with E-state index in [1.54, 1.807) is 0 Å². The summed E-state index contributed by atoms with van der Waals surface area (Å²) in [5.74, 6) is 2.05. The summed E-state index contributed by atoms with van der Waals surface area (Å²) in [5.41, 5.74) is 1.45. The normalized spacial score (nSPS) is 17.7. The van der Waals surface area contributed by atoms with Gasteiger partial charge >= 0.3 is 0 Å². The molecule has 2 aliphatic heterocycles. The number of aryl methyl sites for hydroxylation is 1. The van der Waals surface area contributed by atoms with Crippen molar-refractivity contribution in [1.82, 2.24) is 19.8 Å². The number of hydrogen-bond donors (Lipinski definition) is 0. The molecule has 3 aromatic heterocycles. The maximum absolute atomic E-state index is 12.7. The number of rotatable bonds is 3. The third-order valence-electron chi connectivity index (χ3n) is 5.92. The van der Waals surface area contributed by atoms with Crippen LogP contribution in [0.1, 0.15) is 32.9 Å². The zero-order chi connectivity index (χ0) is 20.0. The Hall–Kier alpha value is -2.03. The molecule has 1 fully saturated rings. The molecule has 0 aromatic carbocycles. The number of carbonyl (C=O) groups is 1. The molecule has 5 rings (SSSR count). The van der Waals surface area contributed by atoms with Crippen LogP contribution in [0.4, 0.5) is 5.82 Å². The molecule has 2 aliphatic rings. The lowest BCUT2D eigenvalue weighted by Crippen LogP contribution is -2.49. The van der Waals surface area contributed by atoms with Crippen LogP contribution in [-0.4, -0.2) is 64.9 Å². The molecule has 6 nitrogen and oxygen atoms in total. The van der Waals surface area contributed by atoms with Gasteiger partial charge in [-0.2, -0.15) is 0 Å². The Morgan fingerprint density at radius 3 is 2.72 bits per heavy atom. The number of piperazine rings is 1. The fourth-order valence-electron chi connectivity index (χ4n) is 4.31. The number of carbonyl (C=O) groups excluding carboxylic acids is 1. The van der Waals surface area contributed by atoms with Crippen molar-refractivity contribution in [1.29, 1.82) is 0 Å². The maximum Gasteiger partial charge on any atom is 0.264 e. The van der Waals surface area contributed by atoms with Crippen LogP contribution in [0.5, 0.6) is 0 Å². The van der Waals surface area contributed by atoms with Crippen molar-refractivity contribution >= 4 is 44.6 Å². The molecule has 0 bridgehead atoms. The lowest BCUT2D eigenvalue weighted by Gasteiger charge is -2.36. The highest BCUT2D eigenvalue weighted by Crippen LogP contribution is 2.39. The number of aromatic nitrogens is 2. The lowest BCUT2D eigenvalue weighted by molar-refractivity contribution is 0.0751. The number of fused-ring (bicyclic) bond motifs is 3. The molecule has 0 atom stereocenters.